The van der Waals surface area contributed by atoms with Crippen LogP contribution in [0, 0.1) is 6.92 Å². The number of hydrogen-bond donors (Lipinski definition) is 1. The van der Waals surface area contributed by atoms with Crippen molar-refractivity contribution in [2.24, 2.45) is 0 Å². The third kappa shape index (κ3) is 1.19. The lowest BCUT2D eigenvalue weighted by atomic mass is 10.1. The maximum atomic E-state index is 4.71. The molecule has 0 aliphatic rings. The third-order valence-corrected chi connectivity index (χ3v) is 3.33. The van der Waals surface area contributed by atoms with Crippen LogP contribution in [0.2, 0.25) is 0 Å². The van der Waals surface area contributed by atoms with E-state index in [1.807, 2.05) is 31.3 Å². The molecule has 1 N–H and O–H groups in total. The van der Waals surface area contributed by atoms with E-state index in [-0.39, 0.29) is 0 Å². The zero-order valence-electron chi connectivity index (χ0n) is 9.94. The molecule has 0 unspecified atom stereocenters. The Morgan fingerprint density at radius 3 is 2.78 bits per heavy atom. The largest absolute Gasteiger partial charge is 0.344 e. The van der Waals surface area contributed by atoms with Gasteiger partial charge in [-0.3, -0.25) is 0 Å². The molecule has 4 aromatic rings. The Morgan fingerprint density at radius 2 is 1.83 bits per heavy atom. The number of rotatable bonds is 0. The Morgan fingerprint density at radius 1 is 0.944 bits per heavy atom. The summed E-state index contributed by atoms with van der Waals surface area (Å²) >= 11 is 0. The zero-order chi connectivity index (χ0) is 12.1. The van der Waals surface area contributed by atoms with E-state index in [1.54, 1.807) is 0 Å². The summed E-state index contributed by atoms with van der Waals surface area (Å²) in [6, 6.07) is 12.3. The molecule has 0 radical (unpaired) electrons. The fraction of sp³-hybridized carbons (Fsp3) is 0.0667. The minimum Gasteiger partial charge on any atom is -0.344 e. The summed E-state index contributed by atoms with van der Waals surface area (Å²) < 4.78 is 0. The lowest BCUT2D eigenvalue weighted by Gasteiger charge is -2.00. The summed E-state index contributed by atoms with van der Waals surface area (Å²) in [4.78, 5) is 12.5. The van der Waals surface area contributed by atoms with Crippen LogP contribution in [0.25, 0.3) is 32.8 Å². The molecule has 1 aromatic carbocycles. The SMILES string of the molecule is Cc1ccc2c(ncc3c4ccccc4nc23)[nH]1. The van der Waals surface area contributed by atoms with Crippen molar-refractivity contribution in [3.63, 3.8) is 0 Å². The number of aryl methyl sites for hydroxylation is 1. The van der Waals surface area contributed by atoms with Gasteiger partial charge >= 0.3 is 0 Å². The molecule has 0 aliphatic heterocycles. The Hall–Kier alpha value is -2.42. The van der Waals surface area contributed by atoms with Crippen molar-refractivity contribution in [3.05, 3.63) is 48.3 Å². The van der Waals surface area contributed by atoms with E-state index in [0.29, 0.717) is 0 Å². The Bertz CT molecular complexity index is 890. The normalized spacial score (nSPS) is 11.6. The fourth-order valence-electron chi connectivity index (χ4n) is 2.45. The molecule has 18 heavy (non-hydrogen) atoms. The van der Waals surface area contributed by atoms with Crippen molar-refractivity contribution < 1.29 is 0 Å². The average molecular weight is 233 g/mol. The summed E-state index contributed by atoms with van der Waals surface area (Å²) in [7, 11) is 0. The van der Waals surface area contributed by atoms with Crippen LogP contribution in [-0.2, 0) is 0 Å². The number of benzene rings is 1. The molecule has 0 spiro atoms. The molecule has 4 rings (SSSR count). The van der Waals surface area contributed by atoms with Crippen molar-refractivity contribution in [1.29, 1.82) is 0 Å². The molecule has 3 aromatic heterocycles. The summed E-state index contributed by atoms with van der Waals surface area (Å²) in [6.45, 7) is 2.03. The topological polar surface area (TPSA) is 41.6 Å². The molecule has 0 saturated heterocycles. The Kier molecular flexibility index (Phi) is 1.75. The first-order chi connectivity index (χ1) is 8.83. The number of aromatic nitrogens is 3. The lowest BCUT2D eigenvalue weighted by Crippen LogP contribution is -1.87. The number of para-hydroxylation sites is 1. The summed E-state index contributed by atoms with van der Waals surface area (Å²) in [6.07, 6.45) is 1.91. The van der Waals surface area contributed by atoms with Gasteiger partial charge < -0.3 is 4.98 Å². The van der Waals surface area contributed by atoms with Crippen molar-refractivity contribution in [3.8, 4) is 0 Å². The number of hydrogen-bond acceptors (Lipinski definition) is 2. The van der Waals surface area contributed by atoms with Gasteiger partial charge in [-0.1, -0.05) is 18.2 Å². The van der Waals surface area contributed by atoms with Crippen molar-refractivity contribution >= 4 is 32.8 Å². The predicted molar refractivity (Wildman–Crippen MR) is 73.6 cm³/mol. The molecule has 0 atom stereocenters. The van der Waals surface area contributed by atoms with Crippen LogP contribution in [0.5, 0.6) is 0 Å². The highest BCUT2D eigenvalue weighted by Crippen LogP contribution is 2.28. The van der Waals surface area contributed by atoms with E-state index >= 15 is 0 Å². The maximum Gasteiger partial charge on any atom is 0.139 e. The maximum absolute atomic E-state index is 4.71. The van der Waals surface area contributed by atoms with Crippen molar-refractivity contribution in [1.82, 2.24) is 15.0 Å². The smallest absolute Gasteiger partial charge is 0.139 e. The van der Waals surface area contributed by atoms with E-state index in [1.165, 1.54) is 5.39 Å². The lowest BCUT2D eigenvalue weighted by molar-refractivity contribution is 1.21. The minimum atomic E-state index is 0.894. The molecule has 3 nitrogen and oxygen atoms in total. The van der Waals surface area contributed by atoms with E-state index in [2.05, 4.69) is 28.2 Å². The van der Waals surface area contributed by atoms with Crippen LogP contribution in [0.1, 0.15) is 5.69 Å². The molecule has 3 heterocycles. The first-order valence-electron chi connectivity index (χ1n) is 5.96. The van der Waals surface area contributed by atoms with Gasteiger partial charge in [0.1, 0.15) is 5.65 Å². The van der Waals surface area contributed by atoms with Crippen LogP contribution in [0.4, 0.5) is 0 Å². The number of nitrogens with zero attached hydrogens (tertiary/aromatic N) is 2. The second kappa shape index (κ2) is 3.29. The predicted octanol–water partition coefficient (Wildman–Crippen LogP) is 3.57. The number of nitrogens with one attached hydrogen (secondary N) is 1. The third-order valence-electron chi connectivity index (χ3n) is 3.33. The van der Waals surface area contributed by atoms with Crippen LogP contribution in [0.3, 0.4) is 0 Å². The minimum absolute atomic E-state index is 0.894. The highest BCUT2D eigenvalue weighted by atomic mass is 14.9. The standard InChI is InChI=1S/C15H11N3/c1-9-6-7-11-14-12(8-16-15(11)17-9)10-4-2-3-5-13(10)18-14/h2-8H,1H3,(H,16,17). The van der Waals surface area contributed by atoms with Gasteiger partial charge in [0.05, 0.1) is 11.0 Å². The quantitative estimate of drug-likeness (QED) is 0.504. The summed E-state index contributed by atoms with van der Waals surface area (Å²) in [5.41, 5.74) is 4.05. The highest BCUT2D eigenvalue weighted by molar-refractivity contribution is 6.15. The first kappa shape index (κ1) is 9.59. The Balaban J connectivity index is 2.28. The highest BCUT2D eigenvalue weighted by Gasteiger charge is 2.09. The van der Waals surface area contributed by atoms with Gasteiger partial charge in [0.15, 0.2) is 0 Å². The number of aromatic amines is 1. The second-order valence-corrected chi connectivity index (χ2v) is 4.55. The van der Waals surface area contributed by atoms with Crippen molar-refractivity contribution in [2.75, 3.05) is 0 Å². The molecule has 0 fully saturated rings. The van der Waals surface area contributed by atoms with Gasteiger partial charge in [-0.2, -0.15) is 0 Å². The molecule has 0 aliphatic carbocycles. The van der Waals surface area contributed by atoms with Crippen LogP contribution < -0.4 is 0 Å². The summed E-state index contributed by atoms with van der Waals surface area (Å²) in [5, 5.41) is 3.37. The monoisotopic (exact) mass is 233 g/mol. The van der Waals surface area contributed by atoms with Crippen LogP contribution in [-0.4, -0.2) is 15.0 Å². The number of fused-ring (bicyclic) bond motifs is 5. The average Bonchev–Trinajstić information content (AvgIpc) is 2.77. The second-order valence-electron chi connectivity index (χ2n) is 4.55. The summed E-state index contributed by atoms with van der Waals surface area (Å²) in [5.74, 6) is 0. The number of H-pyrrole nitrogens is 1. The number of pyridine rings is 2. The molecule has 0 saturated carbocycles. The van der Waals surface area contributed by atoms with E-state index in [0.717, 1.165) is 33.1 Å². The van der Waals surface area contributed by atoms with Gasteiger partial charge in [0.25, 0.3) is 0 Å². The van der Waals surface area contributed by atoms with Gasteiger partial charge in [-0.15, -0.1) is 0 Å². The van der Waals surface area contributed by atoms with E-state index in [4.69, 9.17) is 4.98 Å². The molecule has 86 valence electrons. The van der Waals surface area contributed by atoms with Gasteiger partial charge in [0, 0.05) is 28.0 Å². The molecule has 0 bridgehead atoms. The molecular formula is C15H11N3. The van der Waals surface area contributed by atoms with Crippen molar-refractivity contribution in [2.45, 2.75) is 6.92 Å². The zero-order valence-corrected chi connectivity index (χ0v) is 9.94. The molecule has 3 heteroatoms. The first-order valence-corrected chi connectivity index (χ1v) is 5.96. The fourth-order valence-corrected chi connectivity index (χ4v) is 2.45. The molecule has 0 amide bonds. The Labute approximate surface area is 103 Å². The molecular weight excluding hydrogens is 222 g/mol. The van der Waals surface area contributed by atoms with Crippen LogP contribution >= 0.6 is 0 Å². The van der Waals surface area contributed by atoms with Gasteiger partial charge in [0.2, 0.25) is 0 Å². The van der Waals surface area contributed by atoms with Crippen LogP contribution in [0.15, 0.2) is 42.6 Å². The van der Waals surface area contributed by atoms with Gasteiger partial charge in [-0.25, -0.2) is 9.97 Å². The van der Waals surface area contributed by atoms with E-state index < -0.39 is 0 Å². The van der Waals surface area contributed by atoms with Gasteiger partial charge in [-0.05, 0) is 25.1 Å². The van der Waals surface area contributed by atoms with E-state index in [9.17, 15) is 0 Å².